The van der Waals surface area contributed by atoms with Gasteiger partial charge in [0.2, 0.25) is 0 Å². The van der Waals surface area contributed by atoms with Crippen LogP contribution in [-0.4, -0.2) is 34.2 Å². The molecule has 0 amide bonds. The van der Waals surface area contributed by atoms with Gasteiger partial charge in [-0.1, -0.05) is 27.7 Å². The molecule has 1 aromatic rings. The number of hydrogen-bond donors (Lipinski definition) is 2. The summed E-state index contributed by atoms with van der Waals surface area (Å²) in [5.74, 6) is 2.87. The fraction of sp³-hybridized carbons (Fsp3) is 0.700. The van der Waals surface area contributed by atoms with Crippen LogP contribution in [0.2, 0.25) is 0 Å². The standard InChI is InChI=1S/C20H34O2S2/c1-19(2,9-7-11-23-5)15-13-18(22)16(14-17(15)21)20(3,4)10-8-12-24-6/h13-14,21-22H,7-12H2,1-6H3. The van der Waals surface area contributed by atoms with Gasteiger partial charge in [-0.25, -0.2) is 0 Å². The van der Waals surface area contributed by atoms with E-state index in [1.54, 1.807) is 12.1 Å². The molecule has 2 nitrogen and oxygen atoms in total. The van der Waals surface area contributed by atoms with Crippen molar-refractivity contribution in [2.75, 3.05) is 24.0 Å². The average Bonchev–Trinajstić information content (AvgIpc) is 2.49. The summed E-state index contributed by atoms with van der Waals surface area (Å²) in [5.41, 5.74) is 1.42. The molecule has 0 saturated carbocycles. The summed E-state index contributed by atoms with van der Waals surface area (Å²) < 4.78 is 0. The lowest BCUT2D eigenvalue weighted by molar-refractivity contribution is 0.391. The third-order valence-corrected chi connectivity index (χ3v) is 6.27. The van der Waals surface area contributed by atoms with Crippen molar-refractivity contribution in [1.29, 1.82) is 0 Å². The van der Waals surface area contributed by atoms with Crippen LogP contribution in [0.5, 0.6) is 11.5 Å². The maximum atomic E-state index is 10.6. The molecule has 138 valence electrons. The lowest BCUT2D eigenvalue weighted by Gasteiger charge is -2.30. The normalized spacial score (nSPS) is 12.6. The fourth-order valence-corrected chi connectivity index (χ4v) is 4.11. The van der Waals surface area contributed by atoms with Crippen LogP contribution in [-0.2, 0) is 10.8 Å². The average molecular weight is 371 g/mol. The van der Waals surface area contributed by atoms with Crippen LogP contribution >= 0.6 is 23.5 Å². The van der Waals surface area contributed by atoms with E-state index < -0.39 is 0 Å². The van der Waals surface area contributed by atoms with Crippen molar-refractivity contribution in [2.24, 2.45) is 0 Å². The van der Waals surface area contributed by atoms with Gasteiger partial charge >= 0.3 is 0 Å². The van der Waals surface area contributed by atoms with E-state index >= 15 is 0 Å². The quantitative estimate of drug-likeness (QED) is 0.395. The molecule has 0 aliphatic carbocycles. The molecule has 0 aromatic heterocycles. The van der Waals surface area contributed by atoms with Crippen molar-refractivity contribution >= 4 is 23.5 Å². The Kier molecular flexibility index (Phi) is 8.34. The van der Waals surface area contributed by atoms with Gasteiger partial charge in [-0.2, -0.15) is 23.5 Å². The number of hydrogen-bond acceptors (Lipinski definition) is 4. The van der Waals surface area contributed by atoms with E-state index in [1.807, 2.05) is 23.5 Å². The highest BCUT2D eigenvalue weighted by molar-refractivity contribution is 7.98. The first-order chi connectivity index (χ1) is 11.2. The highest BCUT2D eigenvalue weighted by Gasteiger charge is 2.29. The van der Waals surface area contributed by atoms with Crippen LogP contribution < -0.4 is 0 Å². The fourth-order valence-electron chi connectivity index (χ4n) is 3.25. The summed E-state index contributed by atoms with van der Waals surface area (Å²) in [6, 6.07) is 3.58. The Balaban J connectivity index is 3.04. The highest BCUT2D eigenvalue weighted by atomic mass is 32.2. The molecule has 0 bridgehead atoms. The largest absolute Gasteiger partial charge is 0.508 e. The molecule has 0 spiro atoms. The van der Waals surface area contributed by atoms with E-state index in [4.69, 9.17) is 0 Å². The van der Waals surface area contributed by atoms with E-state index in [9.17, 15) is 10.2 Å². The molecule has 0 atom stereocenters. The van der Waals surface area contributed by atoms with E-state index in [1.165, 1.54) is 0 Å². The minimum absolute atomic E-state index is 0.140. The Bertz CT molecular complexity index is 477. The monoisotopic (exact) mass is 370 g/mol. The third-order valence-electron chi connectivity index (χ3n) is 4.87. The van der Waals surface area contributed by atoms with Crippen LogP contribution in [0.4, 0.5) is 0 Å². The molecule has 24 heavy (non-hydrogen) atoms. The molecule has 0 aliphatic rings. The molecule has 0 aliphatic heterocycles. The van der Waals surface area contributed by atoms with Crippen molar-refractivity contribution in [3.63, 3.8) is 0 Å². The van der Waals surface area contributed by atoms with Gasteiger partial charge in [0.1, 0.15) is 11.5 Å². The number of phenolic OH excluding ortho intramolecular Hbond substituents is 2. The van der Waals surface area contributed by atoms with Gasteiger partial charge in [0.25, 0.3) is 0 Å². The Morgan fingerprint density at radius 2 is 1.08 bits per heavy atom. The predicted octanol–water partition coefficient (Wildman–Crippen LogP) is 5.94. The van der Waals surface area contributed by atoms with Gasteiger partial charge in [0, 0.05) is 11.1 Å². The van der Waals surface area contributed by atoms with Crippen molar-refractivity contribution in [3.8, 4) is 11.5 Å². The van der Waals surface area contributed by atoms with E-state index in [0.717, 1.165) is 48.3 Å². The first-order valence-electron chi connectivity index (χ1n) is 8.70. The third kappa shape index (κ3) is 5.80. The molecule has 0 saturated heterocycles. The zero-order valence-electron chi connectivity index (χ0n) is 16.1. The molecule has 0 fully saturated rings. The van der Waals surface area contributed by atoms with Crippen LogP contribution in [0.3, 0.4) is 0 Å². The molecule has 1 aromatic carbocycles. The number of thioether (sulfide) groups is 2. The second-order valence-corrected chi connectivity index (χ2v) is 9.82. The molecule has 0 unspecified atom stereocenters. The highest BCUT2D eigenvalue weighted by Crippen LogP contribution is 2.43. The SMILES string of the molecule is CSCCCC(C)(C)c1cc(O)c(C(C)(C)CCCSC)cc1O. The zero-order valence-corrected chi connectivity index (χ0v) is 17.7. The number of benzene rings is 1. The van der Waals surface area contributed by atoms with E-state index in [2.05, 4.69) is 40.2 Å². The Morgan fingerprint density at radius 3 is 1.38 bits per heavy atom. The first kappa shape index (κ1) is 21.6. The summed E-state index contributed by atoms with van der Waals surface area (Å²) in [7, 11) is 0. The molecule has 0 heterocycles. The summed E-state index contributed by atoms with van der Waals surface area (Å²) in [4.78, 5) is 0. The molecule has 4 heteroatoms. The van der Waals surface area contributed by atoms with Crippen LogP contribution in [0.1, 0.15) is 64.5 Å². The minimum Gasteiger partial charge on any atom is -0.508 e. The van der Waals surface area contributed by atoms with Crippen molar-refractivity contribution < 1.29 is 10.2 Å². The molecular formula is C20H34O2S2. The first-order valence-corrected chi connectivity index (χ1v) is 11.5. The second kappa shape index (κ2) is 9.28. The van der Waals surface area contributed by atoms with Crippen LogP contribution in [0.25, 0.3) is 0 Å². The molecule has 0 radical (unpaired) electrons. The number of phenols is 2. The van der Waals surface area contributed by atoms with Gasteiger partial charge < -0.3 is 10.2 Å². The Morgan fingerprint density at radius 1 is 0.750 bits per heavy atom. The topological polar surface area (TPSA) is 40.5 Å². The molecule has 1 rings (SSSR count). The minimum atomic E-state index is -0.140. The smallest absolute Gasteiger partial charge is 0.119 e. The van der Waals surface area contributed by atoms with Gasteiger partial charge in [0.15, 0.2) is 0 Å². The number of aromatic hydroxyl groups is 2. The Hall–Kier alpha value is -0.480. The molecule has 2 N–H and O–H groups in total. The van der Waals surface area contributed by atoms with Gasteiger partial charge in [-0.05, 0) is 72.7 Å². The Labute approximate surface area is 156 Å². The van der Waals surface area contributed by atoms with Gasteiger partial charge in [-0.3, -0.25) is 0 Å². The predicted molar refractivity (Wildman–Crippen MR) is 111 cm³/mol. The lowest BCUT2D eigenvalue weighted by Crippen LogP contribution is -2.21. The zero-order chi connectivity index (χ0) is 18.4. The van der Waals surface area contributed by atoms with Gasteiger partial charge in [0.05, 0.1) is 0 Å². The summed E-state index contributed by atoms with van der Waals surface area (Å²) in [6.07, 6.45) is 8.44. The lowest BCUT2D eigenvalue weighted by atomic mass is 9.76. The second-order valence-electron chi connectivity index (χ2n) is 7.85. The summed E-state index contributed by atoms with van der Waals surface area (Å²) in [6.45, 7) is 8.58. The maximum absolute atomic E-state index is 10.6. The molecular weight excluding hydrogens is 336 g/mol. The van der Waals surface area contributed by atoms with E-state index in [-0.39, 0.29) is 10.8 Å². The van der Waals surface area contributed by atoms with E-state index in [0.29, 0.717) is 11.5 Å². The van der Waals surface area contributed by atoms with Crippen molar-refractivity contribution in [3.05, 3.63) is 23.3 Å². The summed E-state index contributed by atoms with van der Waals surface area (Å²) >= 11 is 3.69. The summed E-state index contributed by atoms with van der Waals surface area (Å²) in [5, 5.41) is 21.2. The van der Waals surface area contributed by atoms with Crippen molar-refractivity contribution in [1.82, 2.24) is 0 Å². The van der Waals surface area contributed by atoms with Crippen molar-refractivity contribution in [2.45, 2.75) is 64.2 Å². The van der Waals surface area contributed by atoms with Crippen LogP contribution in [0, 0.1) is 0 Å². The van der Waals surface area contributed by atoms with Crippen LogP contribution in [0.15, 0.2) is 12.1 Å². The maximum Gasteiger partial charge on any atom is 0.119 e. The number of rotatable bonds is 10. The van der Waals surface area contributed by atoms with Gasteiger partial charge in [-0.15, -0.1) is 0 Å².